The Kier molecular flexibility index (Phi) is 6.31. The molecule has 0 saturated carbocycles. The van der Waals surface area contributed by atoms with Crippen LogP contribution in [0, 0.1) is 0 Å². The molecule has 0 unspecified atom stereocenters. The van der Waals surface area contributed by atoms with Gasteiger partial charge in [0.1, 0.15) is 13.2 Å². The van der Waals surface area contributed by atoms with Crippen molar-refractivity contribution in [2.75, 3.05) is 30.9 Å². The number of nitrogens with zero attached hydrogens (tertiary/aromatic N) is 2. The predicted octanol–water partition coefficient (Wildman–Crippen LogP) is 1.05. The number of carboxylic acids is 1. The third-order valence-corrected chi connectivity index (χ3v) is 5.42. The third kappa shape index (κ3) is 5.35. The Morgan fingerprint density at radius 3 is 2.56 bits per heavy atom. The van der Waals surface area contributed by atoms with Crippen molar-refractivity contribution in [1.82, 2.24) is 4.31 Å². The Hall–Kier alpha value is -1.78. The molecule has 1 fully saturated rings. The van der Waals surface area contributed by atoms with Gasteiger partial charge in [-0.15, -0.1) is 0 Å². The summed E-state index contributed by atoms with van der Waals surface area (Å²) in [5.41, 5.74) is 0.383. The number of carbonyl (C=O) groups excluding carboxylic acids is 1. The number of thiol groups is 1. The first kappa shape index (κ1) is 19.5. The average Bonchev–Trinajstić information content (AvgIpc) is 2.92. The van der Waals surface area contributed by atoms with E-state index < -0.39 is 34.7 Å². The van der Waals surface area contributed by atoms with Crippen molar-refractivity contribution in [1.29, 1.82) is 0 Å². The zero-order valence-electron chi connectivity index (χ0n) is 13.6. The topological polar surface area (TPSA) is 104 Å². The minimum absolute atomic E-state index is 0.136. The predicted molar refractivity (Wildman–Crippen MR) is 95.5 cm³/mol. The molecule has 10 heteroatoms. The second kappa shape index (κ2) is 8.07. The van der Waals surface area contributed by atoms with Crippen LogP contribution in [0.5, 0.6) is 0 Å². The normalized spacial score (nSPS) is 21.0. The van der Waals surface area contributed by atoms with Gasteiger partial charge in [0.05, 0.1) is 12.3 Å². The molecule has 0 radical (unpaired) electrons. The highest BCUT2D eigenvalue weighted by Crippen LogP contribution is 2.25. The van der Waals surface area contributed by atoms with Crippen molar-refractivity contribution >= 4 is 40.4 Å². The molecular formula is C15H20N2O6S2. The maximum atomic E-state index is 12.3. The molecule has 1 aliphatic rings. The summed E-state index contributed by atoms with van der Waals surface area (Å²) < 4.78 is 30.0. The highest BCUT2D eigenvalue weighted by atomic mass is 32.2. The van der Waals surface area contributed by atoms with Crippen LogP contribution in [0.4, 0.5) is 10.5 Å². The fourth-order valence-corrected chi connectivity index (χ4v) is 4.34. The van der Waals surface area contributed by atoms with E-state index in [1.807, 2.05) is 0 Å². The van der Waals surface area contributed by atoms with E-state index in [-0.39, 0.29) is 18.4 Å². The van der Waals surface area contributed by atoms with Crippen molar-refractivity contribution in [3.8, 4) is 0 Å². The second-order valence-electron chi connectivity index (χ2n) is 5.77. The number of rotatable bonds is 6. The van der Waals surface area contributed by atoms with Crippen LogP contribution < -0.4 is 4.90 Å². The zero-order valence-corrected chi connectivity index (χ0v) is 15.3. The third-order valence-electron chi connectivity index (χ3n) is 3.75. The lowest BCUT2D eigenvalue weighted by Gasteiger charge is -2.24. The van der Waals surface area contributed by atoms with Gasteiger partial charge in [0.15, 0.2) is 0 Å². The number of anilines is 1. The van der Waals surface area contributed by atoms with Gasteiger partial charge in [-0.1, -0.05) is 18.2 Å². The molecule has 0 spiro atoms. The first-order valence-electron chi connectivity index (χ1n) is 7.54. The largest absolute Gasteiger partial charge is 0.480 e. The number of sulfonamides is 1. The van der Waals surface area contributed by atoms with Gasteiger partial charge in [0.2, 0.25) is 10.0 Å². The number of hydrogen-bond acceptors (Lipinski definition) is 6. The Morgan fingerprint density at radius 2 is 2.00 bits per heavy atom. The van der Waals surface area contributed by atoms with Crippen LogP contribution in [0.15, 0.2) is 30.3 Å². The lowest BCUT2D eigenvalue weighted by molar-refractivity contribution is -0.135. The van der Waals surface area contributed by atoms with Gasteiger partial charge in [-0.05, 0) is 18.6 Å². The van der Waals surface area contributed by atoms with Gasteiger partial charge in [0, 0.05) is 17.5 Å². The molecule has 1 aromatic rings. The first-order valence-corrected chi connectivity index (χ1v) is 9.91. The van der Waals surface area contributed by atoms with E-state index in [2.05, 4.69) is 12.6 Å². The number of hydrogen-bond donors (Lipinski definition) is 2. The molecule has 2 rings (SSSR count). The summed E-state index contributed by atoms with van der Waals surface area (Å²) in [4.78, 5) is 24.3. The van der Waals surface area contributed by atoms with Gasteiger partial charge in [-0.25, -0.2) is 13.2 Å². The van der Waals surface area contributed by atoms with E-state index in [0.717, 1.165) is 11.2 Å². The van der Waals surface area contributed by atoms with E-state index in [4.69, 9.17) is 9.84 Å². The van der Waals surface area contributed by atoms with Crippen molar-refractivity contribution in [3.05, 3.63) is 30.3 Å². The summed E-state index contributed by atoms with van der Waals surface area (Å²) >= 11 is 4.30. The number of carboxylic acid groups (broad SMARTS) is 1. The molecule has 1 aromatic carbocycles. The zero-order chi connectivity index (χ0) is 18.6. The van der Waals surface area contributed by atoms with Crippen molar-refractivity contribution < 1.29 is 27.9 Å². The molecule has 0 aromatic heterocycles. The number of carbonyl (C=O) groups is 2. The first-order chi connectivity index (χ1) is 11.7. The molecule has 8 nitrogen and oxygen atoms in total. The molecular weight excluding hydrogens is 368 g/mol. The molecule has 1 aliphatic heterocycles. The molecule has 25 heavy (non-hydrogen) atoms. The number of benzene rings is 1. The summed E-state index contributed by atoms with van der Waals surface area (Å²) in [6, 6.07) is 7.75. The molecule has 1 amide bonds. The average molecular weight is 388 g/mol. The van der Waals surface area contributed by atoms with Crippen molar-refractivity contribution in [2.45, 2.75) is 17.7 Å². The molecule has 1 heterocycles. The Morgan fingerprint density at radius 1 is 1.36 bits per heavy atom. The molecule has 1 N–H and O–H groups in total. The molecule has 0 bridgehead atoms. The summed E-state index contributed by atoms with van der Waals surface area (Å²) in [6.07, 6.45) is 0.701. The molecule has 138 valence electrons. The fraction of sp³-hybridized carbons (Fsp3) is 0.467. The number of aliphatic carboxylic acids is 1. The smallest absolute Gasteiger partial charge is 0.414 e. The van der Waals surface area contributed by atoms with Gasteiger partial charge in [-0.2, -0.15) is 16.9 Å². The van der Waals surface area contributed by atoms with Crippen LogP contribution >= 0.6 is 12.6 Å². The molecule has 2 atom stereocenters. The van der Waals surface area contributed by atoms with Crippen LogP contribution in [-0.2, 0) is 19.6 Å². The summed E-state index contributed by atoms with van der Waals surface area (Å²) in [5, 5.41) is 8.87. The molecule has 0 aliphatic carbocycles. The van der Waals surface area contributed by atoms with E-state index in [1.165, 1.54) is 4.31 Å². The number of ether oxygens (including phenoxy) is 1. The quantitative estimate of drug-likeness (QED) is 0.706. The van der Waals surface area contributed by atoms with E-state index in [0.29, 0.717) is 12.1 Å². The lowest BCUT2D eigenvalue weighted by atomic mass is 10.2. The summed E-state index contributed by atoms with van der Waals surface area (Å²) in [7, 11) is -3.44. The number of para-hydroxylation sites is 1. The van der Waals surface area contributed by atoms with Gasteiger partial charge in [-0.3, -0.25) is 9.69 Å². The van der Waals surface area contributed by atoms with Crippen LogP contribution in [0.2, 0.25) is 0 Å². The van der Waals surface area contributed by atoms with E-state index in [9.17, 15) is 18.0 Å². The number of amides is 1. The van der Waals surface area contributed by atoms with Gasteiger partial charge in [0.25, 0.3) is 0 Å². The SMILES string of the molecule is CS(=O)(=O)N1C[C@H](S)C[C@H]1COC(=O)N(CC(=O)O)c1ccccc1. The van der Waals surface area contributed by atoms with Crippen LogP contribution in [0.1, 0.15) is 6.42 Å². The highest BCUT2D eigenvalue weighted by molar-refractivity contribution is 7.88. The maximum Gasteiger partial charge on any atom is 0.414 e. The van der Waals surface area contributed by atoms with Crippen LogP contribution in [0.25, 0.3) is 0 Å². The van der Waals surface area contributed by atoms with E-state index in [1.54, 1.807) is 30.3 Å². The lowest BCUT2D eigenvalue weighted by Crippen LogP contribution is -2.41. The highest BCUT2D eigenvalue weighted by Gasteiger charge is 2.37. The Labute approximate surface area is 151 Å². The Balaban J connectivity index is 2.07. The summed E-state index contributed by atoms with van der Waals surface area (Å²) in [5.74, 6) is -1.19. The minimum Gasteiger partial charge on any atom is -0.480 e. The Bertz CT molecular complexity index is 725. The monoisotopic (exact) mass is 388 g/mol. The fourth-order valence-electron chi connectivity index (χ4n) is 2.67. The van der Waals surface area contributed by atoms with Gasteiger partial charge < -0.3 is 9.84 Å². The second-order valence-corrected chi connectivity index (χ2v) is 8.43. The van der Waals surface area contributed by atoms with Crippen LogP contribution in [-0.4, -0.2) is 67.1 Å². The van der Waals surface area contributed by atoms with Gasteiger partial charge >= 0.3 is 12.1 Å². The summed E-state index contributed by atoms with van der Waals surface area (Å²) in [6.45, 7) is -0.466. The molecule has 1 saturated heterocycles. The van der Waals surface area contributed by atoms with Crippen molar-refractivity contribution in [3.63, 3.8) is 0 Å². The standard InChI is InChI=1S/C15H20N2O6S2/c1-25(21,22)17-8-13(24)7-12(17)10-23-15(20)16(9-14(18)19)11-5-3-2-4-6-11/h2-6,12-13,24H,7-10H2,1H3,(H,18,19)/t12-,13+/m0/s1. The van der Waals surface area contributed by atoms with Crippen molar-refractivity contribution in [2.24, 2.45) is 0 Å². The maximum absolute atomic E-state index is 12.3. The minimum atomic E-state index is -3.44. The van der Waals surface area contributed by atoms with E-state index >= 15 is 0 Å². The van der Waals surface area contributed by atoms with Crippen LogP contribution in [0.3, 0.4) is 0 Å².